The number of primary amides is 1. The summed E-state index contributed by atoms with van der Waals surface area (Å²) in [5.74, 6) is -5.65. The van der Waals surface area contributed by atoms with Gasteiger partial charge in [0.25, 0.3) is 0 Å². The Hall–Kier alpha value is -2.84. The van der Waals surface area contributed by atoms with Crippen molar-refractivity contribution in [2.75, 3.05) is 5.32 Å². The molecule has 0 heterocycles. The van der Waals surface area contributed by atoms with Crippen molar-refractivity contribution < 1.29 is 27.6 Å². The van der Waals surface area contributed by atoms with Gasteiger partial charge in [-0.25, -0.2) is 13.2 Å². The molecule has 182 valence electrons. The van der Waals surface area contributed by atoms with Crippen LogP contribution in [0.2, 0.25) is 0 Å². The number of halogens is 3. The molecule has 0 spiro atoms. The van der Waals surface area contributed by atoms with E-state index in [1.54, 1.807) is 19.1 Å². The second-order valence-electron chi connectivity index (χ2n) is 9.74. The van der Waals surface area contributed by atoms with Crippen molar-refractivity contribution in [2.24, 2.45) is 11.7 Å². The number of carbonyl (C=O) groups excluding carboxylic acids is 3. The first-order chi connectivity index (χ1) is 15.2. The van der Waals surface area contributed by atoms with Gasteiger partial charge in [-0.1, -0.05) is 32.4 Å². The third-order valence-corrected chi connectivity index (χ3v) is 5.70. The summed E-state index contributed by atoms with van der Waals surface area (Å²) in [5, 5.41) is 5.21. The molecule has 2 rings (SSSR count). The van der Waals surface area contributed by atoms with Gasteiger partial charge in [0.15, 0.2) is 0 Å². The van der Waals surface area contributed by atoms with E-state index < -0.39 is 46.8 Å². The molecule has 0 aliphatic heterocycles. The highest BCUT2D eigenvalue weighted by Gasteiger charge is 2.40. The molecule has 1 fully saturated rings. The van der Waals surface area contributed by atoms with Crippen molar-refractivity contribution in [3.63, 3.8) is 0 Å². The van der Waals surface area contributed by atoms with Crippen molar-refractivity contribution in [2.45, 2.75) is 77.2 Å². The quantitative estimate of drug-likeness (QED) is 0.524. The van der Waals surface area contributed by atoms with E-state index in [1.165, 1.54) is 6.07 Å². The molecule has 0 saturated heterocycles. The largest absolute Gasteiger partial charge is 0.366 e. The fourth-order valence-electron chi connectivity index (χ4n) is 3.99. The van der Waals surface area contributed by atoms with Crippen LogP contribution in [0.25, 0.3) is 0 Å². The Balaban J connectivity index is 2.20. The number of hydrogen-bond acceptors (Lipinski definition) is 3. The molecular weight excluding hydrogens is 435 g/mol. The fourth-order valence-corrected chi connectivity index (χ4v) is 3.99. The lowest BCUT2D eigenvalue weighted by molar-refractivity contribution is -0.128. The minimum absolute atomic E-state index is 0.0544. The molecule has 1 aromatic carbocycles. The Morgan fingerprint density at radius 2 is 1.82 bits per heavy atom. The van der Waals surface area contributed by atoms with Crippen LogP contribution in [0.5, 0.6) is 0 Å². The third-order valence-electron chi connectivity index (χ3n) is 5.70. The number of hydrogen-bond donors (Lipinski definition) is 3. The van der Waals surface area contributed by atoms with Gasteiger partial charge in [-0.3, -0.25) is 14.4 Å². The molecule has 6 nitrogen and oxygen atoms in total. The zero-order valence-corrected chi connectivity index (χ0v) is 19.4. The second kappa shape index (κ2) is 10.4. The summed E-state index contributed by atoms with van der Waals surface area (Å²) in [6.07, 6.45) is 0.275. The van der Waals surface area contributed by atoms with Gasteiger partial charge in [0.1, 0.15) is 11.9 Å². The molecular formula is C24H32F3N3O3. The fraction of sp³-hybridized carbons (Fsp3) is 0.542. The topological polar surface area (TPSA) is 101 Å². The molecule has 0 bridgehead atoms. The summed E-state index contributed by atoms with van der Waals surface area (Å²) in [7, 11) is 0. The van der Waals surface area contributed by atoms with Gasteiger partial charge in [0.2, 0.25) is 23.6 Å². The minimum atomic E-state index is -2.80. The molecule has 33 heavy (non-hydrogen) atoms. The number of benzene rings is 1. The van der Waals surface area contributed by atoms with Crippen LogP contribution in [0.3, 0.4) is 0 Å². The van der Waals surface area contributed by atoms with Crippen LogP contribution in [0.15, 0.2) is 29.8 Å². The maximum atomic E-state index is 14.5. The second-order valence-corrected chi connectivity index (χ2v) is 9.74. The summed E-state index contributed by atoms with van der Waals surface area (Å²) in [5.41, 5.74) is 5.74. The number of anilines is 1. The summed E-state index contributed by atoms with van der Waals surface area (Å²) in [6, 6.07) is 3.26. The van der Waals surface area contributed by atoms with Gasteiger partial charge >= 0.3 is 0 Å². The molecule has 1 atom stereocenters. The Labute approximate surface area is 192 Å². The van der Waals surface area contributed by atoms with Crippen LogP contribution >= 0.6 is 0 Å². The van der Waals surface area contributed by atoms with E-state index in [-0.39, 0.29) is 37.8 Å². The summed E-state index contributed by atoms with van der Waals surface area (Å²) in [4.78, 5) is 36.5. The molecule has 9 heteroatoms. The molecule has 1 saturated carbocycles. The smallest absolute Gasteiger partial charge is 0.248 e. The maximum absolute atomic E-state index is 14.5. The van der Waals surface area contributed by atoms with Crippen LogP contribution in [0.1, 0.15) is 65.4 Å². The van der Waals surface area contributed by atoms with Gasteiger partial charge < -0.3 is 16.4 Å². The summed E-state index contributed by atoms with van der Waals surface area (Å²) >= 11 is 0. The van der Waals surface area contributed by atoms with E-state index in [9.17, 15) is 27.6 Å². The molecule has 0 aromatic heterocycles. The van der Waals surface area contributed by atoms with Crippen molar-refractivity contribution in [1.29, 1.82) is 0 Å². The number of rotatable bonds is 7. The first kappa shape index (κ1) is 26.4. The first-order valence-electron chi connectivity index (χ1n) is 10.9. The number of nitrogens with one attached hydrogen (secondary N) is 2. The highest BCUT2D eigenvalue weighted by atomic mass is 19.3. The predicted octanol–water partition coefficient (Wildman–Crippen LogP) is 4.19. The average Bonchev–Trinajstić information content (AvgIpc) is 2.64. The normalized spacial score (nSPS) is 17.8. The lowest BCUT2D eigenvalue weighted by Crippen LogP contribution is -2.50. The Bertz CT molecular complexity index is 929. The van der Waals surface area contributed by atoms with E-state index in [0.29, 0.717) is 11.1 Å². The average molecular weight is 468 g/mol. The van der Waals surface area contributed by atoms with Crippen molar-refractivity contribution in [1.82, 2.24) is 5.32 Å². The van der Waals surface area contributed by atoms with E-state index in [1.807, 2.05) is 20.8 Å². The Morgan fingerprint density at radius 1 is 1.21 bits per heavy atom. The third kappa shape index (κ3) is 7.91. The maximum Gasteiger partial charge on any atom is 0.248 e. The zero-order chi connectivity index (χ0) is 25.0. The molecule has 0 unspecified atom stereocenters. The van der Waals surface area contributed by atoms with Crippen LogP contribution < -0.4 is 16.4 Å². The van der Waals surface area contributed by atoms with Gasteiger partial charge in [0.05, 0.1) is 0 Å². The SMILES string of the molecule is C/C(=C\C(N)=O)CC(=O)N[C@@H](C(=O)Nc1ccc(C(C)(C)C)c(F)c1)C1CCC(F)(F)CC1. The van der Waals surface area contributed by atoms with Crippen LogP contribution in [0, 0.1) is 11.7 Å². The highest BCUT2D eigenvalue weighted by molar-refractivity contribution is 5.98. The van der Waals surface area contributed by atoms with Gasteiger partial charge in [-0.15, -0.1) is 0 Å². The van der Waals surface area contributed by atoms with Crippen molar-refractivity contribution in [3.8, 4) is 0 Å². The molecule has 0 radical (unpaired) electrons. The number of carbonyl (C=O) groups is 3. The standard InChI is InChI=1S/C24H32F3N3O3/c1-14(11-19(28)31)12-20(32)30-21(15-7-9-24(26,27)10-8-15)22(33)29-16-5-6-17(18(25)13-16)23(2,3)4/h5-6,11,13,15,21H,7-10,12H2,1-4H3,(H2,28,31)(H,29,33)(H,30,32)/b14-11+/t21-/m1/s1. The number of nitrogens with two attached hydrogens (primary N) is 1. The van der Waals surface area contributed by atoms with Gasteiger partial charge in [-0.2, -0.15) is 0 Å². The Kier molecular flexibility index (Phi) is 8.32. The van der Waals surface area contributed by atoms with Crippen LogP contribution in [0.4, 0.5) is 18.9 Å². The summed E-state index contributed by atoms with van der Waals surface area (Å²) in [6.45, 7) is 7.13. The summed E-state index contributed by atoms with van der Waals surface area (Å²) < 4.78 is 41.8. The van der Waals surface area contributed by atoms with Gasteiger partial charge in [-0.05, 0) is 48.8 Å². The monoisotopic (exact) mass is 467 g/mol. The van der Waals surface area contributed by atoms with E-state index >= 15 is 0 Å². The van der Waals surface area contributed by atoms with Crippen molar-refractivity contribution in [3.05, 3.63) is 41.2 Å². The van der Waals surface area contributed by atoms with Crippen molar-refractivity contribution >= 4 is 23.4 Å². The van der Waals surface area contributed by atoms with E-state index in [0.717, 1.165) is 6.08 Å². The van der Waals surface area contributed by atoms with Crippen LogP contribution in [-0.4, -0.2) is 29.7 Å². The highest BCUT2D eigenvalue weighted by Crippen LogP contribution is 2.38. The molecule has 1 aliphatic carbocycles. The zero-order valence-electron chi connectivity index (χ0n) is 19.4. The molecule has 1 aliphatic rings. The Morgan fingerprint density at radius 3 is 2.33 bits per heavy atom. The minimum Gasteiger partial charge on any atom is -0.366 e. The van der Waals surface area contributed by atoms with Crippen LogP contribution in [-0.2, 0) is 19.8 Å². The molecule has 3 amide bonds. The first-order valence-corrected chi connectivity index (χ1v) is 10.9. The predicted molar refractivity (Wildman–Crippen MR) is 120 cm³/mol. The number of alkyl halides is 2. The molecule has 4 N–H and O–H groups in total. The molecule has 1 aromatic rings. The lowest BCUT2D eigenvalue weighted by Gasteiger charge is -2.33. The van der Waals surface area contributed by atoms with Gasteiger partial charge in [0, 0.05) is 31.0 Å². The van der Waals surface area contributed by atoms with E-state index in [2.05, 4.69) is 10.6 Å². The number of amides is 3. The van der Waals surface area contributed by atoms with E-state index in [4.69, 9.17) is 5.73 Å². The lowest BCUT2D eigenvalue weighted by atomic mass is 9.81.